The van der Waals surface area contributed by atoms with Gasteiger partial charge in [0.2, 0.25) is 11.8 Å². The van der Waals surface area contributed by atoms with Crippen LogP contribution >= 0.6 is 0 Å². The van der Waals surface area contributed by atoms with E-state index in [-0.39, 0.29) is 17.7 Å². The highest BCUT2D eigenvalue weighted by atomic mass is 16.2. The maximum Gasteiger partial charge on any atom is 0.229 e. The summed E-state index contributed by atoms with van der Waals surface area (Å²) < 4.78 is 0. The maximum absolute atomic E-state index is 12.1. The molecular formula is C14H18N2O2. The van der Waals surface area contributed by atoms with Gasteiger partial charge in [-0.05, 0) is 5.56 Å². The third-order valence-electron chi connectivity index (χ3n) is 3.31. The van der Waals surface area contributed by atoms with Gasteiger partial charge < -0.3 is 9.80 Å². The lowest BCUT2D eigenvalue weighted by Crippen LogP contribution is -2.55. The van der Waals surface area contributed by atoms with Crippen molar-refractivity contribution in [2.45, 2.75) is 13.5 Å². The standard InChI is InChI=1S/C14H18N2O2/c1-11(17)16-9-13(10-16)14(18)15(2)8-12-6-4-3-5-7-12/h3-7,13H,8-10H2,1-2H3. The number of hydrogen-bond donors (Lipinski definition) is 0. The minimum Gasteiger partial charge on any atom is -0.341 e. The van der Waals surface area contributed by atoms with Gasteiger partial charge in [-0.25, -0.2) is 0 Å². The molecule has 1 aromatic rings. The van der Waals surface area contributed by atoms with Gasteiger partial charge >= 0.3 is 0 Å². The molecule has 0 saturated carbocycles. The molecule has 96 valence electrons. The van der Waals surface area contributed by atoms with Gasteiger partial charge in [-0.2, -0.15) is 0 Å². The number of rotatable bonds is 3. The number of nitrogens with zero attached hydrogens (tertiary/aromatic N) is 2. The Morgan fingerprint density at radius 3 is 2.44 bits per heavy atom. The zero-order chi connectivity index (χ0) is 13.1. The van der Waals surface area contributed by atoms with Crippen LogP contribution in [-0.2, 0) is 16.1 Å². The van der Waals surface area contributed by atoms with Crippen LogP contribution in [0.1, 0.15) is 12.5 Å². The molecule has 1 aromatic carbocycles. The predicted octanol–water partition coefficient (Wildman–Crippen LogP) is 1.12. The third kappa shape index (κ3) is 2.70. The molecule has 1 aliphatic rings. The van der Waals surface area contributed by atoms with Gasteiger partial charge in [0.05, 0.1) is 5.92 Å². The molecule has 4 heteroatoms. The van der Waals surface area contributed by atoms with E-state index in [9.17, 15) is 9.59 Å². The Hall–Kier alpha value is -1.84. The molecule has 0 atom stereocenters. The van der Waals surface area contributed by atoms with Crippen LogP contribution in [0.3, 0.4) is 0 Å². The van der Waals surface area contributed by atoms with Crippen molar-refractivity contribution >= 4 is 11.8 Å². The molecule has 0 aromatic heterocycles. The molecule has 0 N–H and O–H groups in total. The Labute approximate surface area is 107 Å². The van der Waals surface area contributed by atoms with Gasteiger partial charge in [0.25, 0.3) is 0 Å². The molecule has 0 radical (unpaired) electrons. The molecule has 4 nitrogen and oxygen atoms in total. The van der Waals surface area contributed by atoms with Gasteiger partial charge in [0.15, 0.2) is 0 Å². The summed E-state index contributed by atoms with van der Waals surface area (Å²) in [5, 5.41) is 0. The second-order valence-electron chi connectivity index (χ2n) is 4.80. The first-order chi connectivity index (χ1) is 8.58. The van der Waals surface area contributed by atoms with E-state index in [0.717, 1.165) is 5.56 Å². The quantitative estimate of drug-likeness (QED) is 0.802. The molecule has 0 unspecified atom stereocenters. The van der Waals surface area contributed by atoms with Crippen LogP contribution < -0.4 is 0 Å². The molecule has 2 amide bonds. The molecule has 0 spiro atoms. The second-order valence-corrected chi connectivity index (χ2v) is 4.80. The first-order valence-corrected chi connectivity index (χ1v) is 6.12. The van der Waals surface area contributed by atoms with Crippen LogP contribution in [0.15, 0.2) is 30.3 Å². The number of benzene rings is 1. The van der Waals surface area contributed by atoms with Crippen molar-refractivity contribution in [1.82, 2.24) is 9.80 Å². The van der Waals surface area contributed by atoms with Crippen molar-refractivity contribution in [1.29, 1.82) is 0 Å². The average molecular weight is 246 g/mol. The molecule has 1 saturated heterocycles. The Morgan fingerprint density at radius 2 is 1.89 bits per heavy atom. The first kappa shape index (κ1) is 12.6. The average Bonchev–Trinajstić information content (AvgIpc) is 2.27. The number of hydrogen-bond acceptors (Lipinski definition) is 2. The predicted molar refractivity (Wildman–Crippen MR) is 68.7 cm³/mol. The summed E-state index contributed by atoms with van der Waals surface area (Å²) in [6.45, 7) is 3.28. The van der Waals surface area contributed by atoms with Crippen LogP contribution in [0, 0.1) is 5.92 Å². The van der Waals surface area contributed by atoms with E-state index in [2.05, 4.69) is 0 Å². The number of amides is 2. The smallest absolute Gasteiger partial charge is 0.229 e. The summed E-state index contributed by atoms with van der Waals surface area (Å²) in [5.41, 5.74) is 1.12. The molecule has 0 aliphatic carbocycles. The molecule has 2 rings (SSSR count). The Bertz CT molecular complexity index is 438. The maximum atomic E-state index is 12.1. The fraction of sp³-hybridized carbons (Fsp3) is 0.429. The Kier molecular flexibility index (Phi) is 3.65. The van der Waals surface area contributed by atoms with Crippen molar-refractivity contribution in [3.63, 3.8) is 0 Å². The molecule has 1 aliphatic heterocycles. The summed E-state index contributed by atoms with van der Waals surface area (Å²) in [6.07, 6.45) is 0. The number of carbonyl (C=O) groups is 2. The van der Waals surface area contributed by atoms with Crippen molar-refractivity contribution in [3.8, 4) is 0 Å². The Morgan fingerprint density at radius 1 is 1.28 bits per heavy atom. The van der Waals surface area contributed by atoms with Crippen molar-refractivity contribution in [3.05, 3.63) is 35.9 Å². The van der Waals surface area contributed by atoms with Crippen LogP contribution in [0.2, 0.25) is 0 Å². The zero-order valence-corrected chi connectivity index (χ0v) is 10.8. The van der Waals surface area contributed by atoms with Crippen LogP contribution in [0.4, 0.5) is 0 Å². The lowest BCUT2D eigenvalue weighted by atomic mass is 9.98. The van der Waals surface area contributed by atoms with Crippen LogP contribution in [0.5, 0.6) is 0 Å². The van der Waals surface area contributed by atoms with E-state index in [1.165, 1.54) is 6.92 Å². The molecular weight excluding hydrogens is 228 g/mol. The lowest BCUT2D eigenvalue weighted by Gasteiger charge is -2.39. The van der Waals surface area contributed by atoms with E-state index in [1.807, 2.05) is 37.4 Å². The highest BCUT2D eigenvalue weighted by Crippen LogP contribution is 2.18. The molecule has 18 heavy (non-hydrogen) atoms. The first-order valence-electron chi connectivity index (χ1n) is 6.12. The van der Waals surface area contributed by atoms with Crippen molar-refractivity contribution in [2.24, 2.45) is 5.92 Å². The SMILES string of the molecule is CC(=O)N1CC(C(=O)N(C)Cc2ccccc2)C1. The van der Waals surface area contributed by atoms with Gasteiger partial charge in [-0.1, -0.05) is 30.3 Å². The number of likely N-dealkylation sites (tertiary alicyclic amines) is 1. The van der Waals surface area contributed by atoms with E-state index in [4.69, 9.17) is 0 Å². The van der Waals surface area contributed by atoms with Crippen LogP contribution in [-0.4, -0.2) is 41.8 Å². The van der Waals surface area contributed by atoms with Gasteiger partial charge in [-0.15, -0.1) is 0 Å². The van der Waals surface area contributed by atoms with Gasteiger partial charge in [0, 0.05) is 33.6 Å². The minimum absolute atomic E-state index is 0.0254. The van der Waals surface area contributed by atoms with Crippen molar-refractivity contribution < 1.29 is 9.59 Å². The summed E-state index contributed by atoms with van der Waals surface area (Å²) in [6, 6.07) is 9.91. The second kappa shape index (κ2) is 5.21. The zero-order valence-electron chi connectivity index (χ0n) is 10.8. The highest BCUT2D eigenvalue weighted by Gasteiger charge is 2.35. The fourth-order valence-electron chi connectivity index (χ4n) is 2.14. The Balaban J connectivity index is 1.85. The van der Waals surface area contributed by atoms with E-state index < -0.39 is 0 Å². The molecule has 1 heterocycles. The van der Waals surface area contributed by atoms with Gasteiger partial charge in [-0.3, -0.25) is 9.59 Å². The number of carbonyl (C=O) groups excluding carboxylic acids is 2. The highest BCUT2D eigenvalue weighted by molar-refractivity contribution is 5.83. The summed E-state index contributed by atoms with van der Waals surface area (Å²) in [7, 11) is 1.81. The third-order valence-corrected chi connectivity index (χ3v) is 3.31. The minimum atomic E-state index is -0.0254. The summed E-state index contributed by atoms with van der Waals surface area (Å²) in [5.74, 6) is 0.142. The topological polar surface area (TPSA) is 40.6 Å². The monoisotopic (exact) mass is 246 g/mol. The van der Waals surface area contributed by atoms with E-state index >= 15 is 0 Å². The van der Waals surface area contributed by atoms with Crippen LogP contribution in [0.25, 0.3) is 0 Å². The molecule has 1 fully saturated rings. The normalized spacial score (nSPS) is 15.1. The van der Waals surface area contributed by atoms with Gasteiger partial charge in [0.1, 0.15) is 0 Å². The summed E-state index contributed by atoms with van der Waals surface area (Å²) >= 11 is 0. The van der Waals surface area contributed by atoms with Crippen molar-refractivity contribution in [2.75, 3.05) is 20.1 Å². The fourth-order valence-corrected chi connectivity index (χ4v) is 2.14. The molecule has 0 bridgehead atoms. The largest absolute Gasteiger partial charge is 0.341 e. The lowest BCUT2D eigenvalue weighted by molar-refractivity contribution is -0.146. The van der Waals surface area contributed by atoms with E-state index in [1.54, 1.807) is 9.80 Å². The van der Waals surface area contributed by atoms with E-state index in [0.29, 0.717) is 19.6 Å². The summed E-state index contributed by atoms with van der Waals surface area (Å²) in [4.78, 5) is 26.6.